The standard InChI is InChI=1S/C20H19N3O3S2/c1-25-14-10-13(11-15(12-14)26-2)22-19(24)17-5-6-18(28-17)23-8-9-27-20-16(23)4-3-7-21-20/h3-7,10-12H,8-9H2,1-2H3,(H,22,24). The molecule has 0 bridgehead atoms. The van der Waals surface area contributed by atoms with Crippen LogP contribution in [0.3, 0.4) is 0 Å². The predicted molar refractivity (Wildman–Crippen MR) is 114 cm³/mol. The van der Waals surface area contributed by atoms with Crippen LogP contribution in [0.2, 0.25) is 0 Å². The summed E-state index contributed by atoms with van der Waals surface area (Å²) in [5.41, 5.74) is 1.71. The van der Waals surface area contributed by atoms with Gasteiger partial charge >= 0.3 is 0 Å². The van der Waals surface area contributed by atoms with Crippen molar-refractivity contribution in [1.82, 2.24) is 4.98 Å². The number of hydrogen-bond acceptors (Lipinski definition) is 7. The summed E-state index contributed by atoms with van der Waals surface area (Å²) in [4.78, 5) is 20.0. The maximum atomic E-state index is 12.7. The summed E-state index contributed by atoms with van der Waals surface area (Å²) in [6, 6.07) is 13.1. The Morgan fingerprint density at radius 1 is 1.14 bits per heavy atom. The van der Waals surface area contributed by atoms with Crippen molar-refractivity contribution in [2.75, 3.05) is 36.7 Å². The maximum Gasteiger partial charge on any atom is 0.265 e. The van der Waals surface area contributed by atoms with Gasteiger partial charge in [0.25, 0.3) is 5.91 Å². The van der Waals surface area contributed by atoms with E-state index in [9.17, 15) is 4.79 Å². The van der Waals surface area contributed by atoms with Gasteiger partial charge in [0, 0.05) is 42.4 Å². The molecule has 1 amide bonds. The molecule has 4 rings (SSSR count). The van der Waals surface area contributed by atoms with Gasteiger partial charge in [-0.1, -0.05) is 0 Å². The van der Waals surface area contributed by atoms with Crippen molar-refractivity contribution in [2.24, 2.45) is 0 Å². The number of carbonyl (C=O) groups excluding carboxylic acids is 1. The third kappa shape index (κ3) is 3.79. The van der Waals surface area contributed by atoms with E-state index in [1.54, 1.807) is 44.2 Å². The van der Waals surface area contributed by atoms with Crippen molar-refractivity contribution in [1.29, 1.82) is 0 Å². The SMILES string of the molecule is COc1cc(NC(=O)c2ccc(N3CCSc4ncccc43)s2)cc(OC)c1. The van der Waals surface area contributed by atoms with Crippen LogP contribution in [-0.2, 0) is 0 Å². The van der Waals surface area contributed by atoms with E-state index in [0.717, 1.165) is 28.0 Å². The summed E-state index contributed by atoms with van der Waals surface area (Å²) in [5.74, 6) is 2.05. The molecule has 1 aliphatic rings. The first-order valence-electron chi connectivity index (χ1n) is 8.67. The number of pyridine rings is 1. The lowest BCUT2D eigenvalue weighted by Gasteiger charge is -2.28. The third-order valence-corrected chi connectivity index (χ3v) is 6.37. The molecule has 0 saturated heterocycles. The highest BCUT2D eigenvalue weighted by atomic mass is 32.2. The van der Waals surface area contributed by atoms with Gasteiger partial charge in [-0.2, -0.15) is 0 Å². The van der Waals surface area contributed by atoms with Crippen molar-refractivity contribution in [3.05, 3.63) is 53.5 Å². The quantitative estimate of drug-likeness (QED) is 0.657. The largest absolute Gasteiger partial charge is 0.497 e. The van der Waals surface area contributed by atoms with Crippen LogP contribution in [0, 0.1) is 0 Å². The number of thioether (sulfide) groups is 1. The van der Waals surface area contributed by atoms with Crippen molar-refractivity contribution in [3.63, 3.8) is 0 Å². The lowest BCUT2D eigenvalue weighted by Crippen LogP contribution is -2.23. The molecule has 3 heterocycles. The van der Waals surface area contributed by atoms with Crippen molar-refractivity contribution >= 4 is 45.4 Å². The second-order valence-electron chi connectivity index (χ2n) is 6.02. The van der Waals surface area contributed by atoms with Crippen molar-refractivity contribution in [3.8, 4) is 11.5 Å². The molecule has 0 radical (unpaired) electrons. The van der Waals surface area contributed by atoms with Gasteiger partial charge in [0.1, 0.15) is 16.5 Å². The van der Waals surface area contributed by atoms with Crippen LogP contribution in [-0.4, -0.2) is 37.4 Å². The average Bonchev–Trinajstić information content (AvgIpc) is 3.23. The summed E-state index contributed by atoms with van der Waals surface area (Å²) in [7, 11) is 3.16. The van der Waals surface area contributed by atoms with E-state index < -0.39 is 0 Å². The lowest BCUT2D eigenvalue weighted by atomic mass is 10.2. The van der Waals surface area contributed by atoms with E-state index >= 15 is 0 Å². The Hall–Kier alpha value is -2.71. The lowest BCUT2D eigenvalue weighted by molar-refractivity contribution is 0.103. The molecule has 1 N–H and O–H groups in total. The Labute approximate surface area is 171 Å². The van der Waals surface area contributed by atoms with E-state index in [1.165, 1.54) is 11.3 Å². The molecule has 0 unspecified atom stereocenters. The molecular formula is C20H19N3O3S2. The van der Waals surface area contributed by atoms with Gasteiger partial charge in [0.2, 0.25) is 0 Å². The van der Waals surface area contributed by atoms with Gasteiger partial charge < -0.3 is 19.7 Å². The zero-order chi connectivity index (χ0) is 19.5. The number of rotatable bonds is 5. The van der Waals surface area contributed by atoms with Gasteiger partial charge in [-0.15, -0.1) is 23.1 Å². The Morgan fingerprint density at radius 3 is 2.68 bits per heavy atom. The van der Waals surface area contributed by atoms with E-state index in [2.05, 4.69) is 21.3 Å². The highest BCUT2D eigenvalue weighted by Gasteiger charge is 2.22. The van der Waals surface area contributed by atoms with Crippen LogP contribution in [0.15, 0.2) is 53.7 Å². The first kappa shape index (κ1) is 18.6. The zero-order valence-corrected chi connectivity index (χ0v) is 17.1. The summed E-state index contributed by atoms with van der Waals surface area (Å²) < 4.78 is 10.5. The van der Waals surface area contributed by atoms with Gasteiger partial charge in [0.05, 0.1) is 29.8 Å². The highest BCUT2D eigenvalue weighted by Crippen LogP contribution is 2.40. The number of amides is 1. The number of hydrogen-bond donors (Lipinski definition) is 1. The number of nitrogens with zero attached hydrogens (tertiary/aromatic N) is 2. The van der Waals surface area contributed by atoms with Gasteiger partial charge in [-0.3, -0.25) is 4.79 Å². The minimum atomic E-state index is -0.163. The molecule has 0 saturated carbocycles. The van der Waals surface area contributed by atoms with E-state index in [0.29, 0.717) is 22.1 Å². The molecule has 1 aromatic carbocycles. The fourth-order valence-electron chi connectivity index (χ4n) is 2.95. The Bertz CT molecular complexity index is 984. The number of ether oxygens (including phenoxy) is 2. The van der Waals surface area contributed by atoms with Crippen molar-refractivity contribution in [2.45, 2.75) is 5.03 Å². The third-order valence-electron chi connectivity index (χ3n) is 4.29. The number of methoxy groups -OCH3 is 2. The zero-order valence-electron chi connectivity index (χ0n) is 15.5. The van der Waals surface area contributed by atoms with Crippen LogP contribution in [0.4, 0.5) is 16.4 Å². The second-order valence-corrected chi connectivity index (χ2v) is 8.17. The van der Waals surface area contributed by atoms with Crippen LogP contribution >= 0.6 is 23.1 Å². The molecule has 8 heteroatoms. The Kier molecular flexibility index (Phi) is 5.40. The summed E-state index contributed by atoms with van der Waals surface area (Å²) in [5, 5.41) is 4.97. The number of anilines is 3. The fraction of sp³-hybridized carbons (Fsp3) is 0.200. The minimum absolute atomic E-state index is 0.163. The molecule has 0 spiro atoms. The number of nitrogens with one attached hydrogen (secondary N) is 1. The smallest absolute Gasteiger partial charge is 0.265 e. The van der Waals surface area contributed by atoms with Crippen LogP contribution in [0.1, 0.15) is 9.67 Å². The van der Waals surface area contributed by atoms with Crippen LogP contribution < -0.4 is 19.7 Å². The molecular weight excluding hydrogens is 394 g/mol. The average molecular weight is 414 g/mol. The Balaban J connectivity index is 1.55. The van der Waals surface area contributed by atoms with E-state index in [-0.39, 0.29) is 5.91 Å². The molecule has 2 aromatic heterocycles. The van der Waals surface area contributed by atoms with E-state index in [1.807, 2.05) is 24.4 Å². The molecule has 0 atom stereocenters. The number of carbonyl (C=O) groups is 1. The number of aromatic nitrogens is 1. The monoisotopic (exact) mass is 413 g/mol. The molecule has 0 aliphatic carbocycles. The molecule has 6 nitrogen and oxygen atoms in total. The van der Waals surface area contributed by atoms with Gasteiger partial charge in [0.15, 0.2) is 0 Å². The fourth-order valence-corrected chi connectivity index (χ4v) is 4.82. The molecule has 0 fully saturated rings. The predicted octanol–water partition coefficient (Wildman–Crippen LogP) is 4.66. The van der Waals surface area contributed by atoms with Gasteiger partial charge in [-0.05, 0) is 24.3 Å². The number of fused-ring (bicyclic) bond motifs is 1. The Morgan fingerprint density at radius 2 is 1.93 bits per heavy atom. The highest BCUT2D eigenvalue weighted by molar-refractivity contribution is 7.99. The summed E-state index contributed by atoms with van der Waals surface area (Å²) in [6.07, 6.45) is 1.81. The summed E-state index contributed by atoms with van der Waals surface area (Å²) in [6.45, 7) is 0.887. The van der Waals surface area contributed by atoms with Crippen molar-refractivity contribution < 1.29 is 14.3 Å². The second kappa shape index (κ2) is 8.12. The van der Waals surface area contributed by atoms with Gasteiger partial charge in [-0.25, -0.2) is 4.98 Å². The summed E-state index contributed by atoms with van der Waals surface area (Å²) >= 11 is 3.22. The maximum absolute atomic E-state index is 12.7. The minimum Gasteiger partial charge on any atom is -0.497 e. The molecule has 1 aliphatic heterocycles. The molecule has 3 aromatic rings. The normalized spacial score (nSPS) is 13.0. The number of benzene rings is 1. The topological polar surface area (TPSA) is 63.7 Å². The molecule has 144 valence electrons. The first-order chi connectivity index (χ1) is 13.7. The van der Waals surface area contributed by atoms with Crippen LogP contribution in [0.25, 0.3) is 0 Å². The van der Waals surface area contributed by atoms with E-state index in [4.69, 9.17) is 9.47 Å². The van der Waals surface area contributed by atoms with Crippen LogP contribution in [0.5, 0.6) is 11.5 Å². The number of thiophene rings is 1. The molecule has 28 heavy (non-hydrogen) atoms. The first-order valence-corrected chi connectivity index (χ1v) is 10.5.